The van der Waals surface area contributed by atoms with E-state index in [1.165, 1.54) is 9.47 Å². The number of nitrogens with one attached hydrogen (secondary N) is 1. The lowest BCUT2D eigenvalue weighted by atomic mass is 10.1. The summed E-state index contributed by atoms with van der Waals surface area (Å²) in [7, 11) is 0. The van der Waals surface area contributed by atoms with Crippen molar-refractivity contribution in [3.63, 3.8) is 0 Å². The number of aromatic hydroxyl groups is 1. The number of benzene rings is 1. The van der Waals surface area contributed by atoms with E-state index < -0.39 is 57.3 Å². The second-order valence-electron chi connectivity index (χ2n) is 11.6. The minimum absolute atomic E-state index is 0.0133. The van der Waals surface area contributed by atoms with Crippen LogP contribution in [0.15, 0.2) is 35.1 Å². The van der Waals surface area contributed by atoms with E-state index in [4.69, 9.17) is 16.3 Å². The van der Waals surface area contributed by atoms with Gasteiger partial charge in [-0.15, -0.1) is 16.4 Å². The molecule has 0 unspecified atom stereocenters. The van der Waals surface area contributed by atoms with E-state index >= 15 is 0 Å². The molecule has 51 heavy (non-hydrogen) atoms. The highest BCUT2D eigenvalue weighted by Crippen LogP contribution is 2.40. The monoisotopic (exact) mass is 759 g/mol. The van der Waals surface area contributed by atoms with Gasteiger partial charge in [-0.25, -0.2) is 0 Å². The molecular weight excluding hydrogens is 732 g/mol. The number of carbonyl (C=O) groups excluding carboxylic acids is 2. The summed E-state index contributed by atoms with van der Waals surface area (Å²) < 4.78 is 87.0. The van der Waals surface area contributed by atoms with Gasteiger partial charge in [0, 0.05) is 32.2 Å². The van der Waals surface area contributed by atoms with E-state index in [9.17, 15) is 45.8 Å². The maximum absolute atomic E-state index is 14.1. The molecule has 0 spiro atoms. The Hall–Kier alpha value is -4.62. The second kappa shape index (κ2) is 13.8. The van der Waals surface area contributed by atoms with Crippen LogP contribution in [0.1, 0.15) is 45.0 Å². The Bertz CT molecular complexity index is 2100. The third-order valence-electron chi connectivity index (χ3n) is 8.35. The molecule has 20 heteroatoms. The average Bonchev–Trinajstić information content (AvgIpc) is 3.71. The quantitative estimate of drug-likeness (QED) is 0.242. The van der Waals surface area contributed by atoms with Crippen LogP contribution in [-0.2, 0) is 34.8 Å². The highest BCUT2D eigenvalue weighted by atomic mass is 35.5. The Kier molecular flexibility index (Phi) is 9.81. The number of fused-ring (bicyclic) bond motifs is 1. The van der Waals surface area contributed by atoms with E-state index in [2.05, 4.69) is 15.4 Å². The number of halogens is 7. The summed E-state index contributed by atoms with van der Waals surface area (Å²) in [6, 6.07) is 3.00. The summed E-state index contributed by atoms with van der Waals surface area (Å²) in [5, 5.41) is 16.7. The number of carbonyl (C=O) groups is 2. The molecule has 1 aromatic carbocycles. The van der Waals surface area contributed by atoms with Crippen LogP contribution in [0.4, 0.5) is 37.7 Å². The van der Waals surface area contributed by atoms with Gasteiger partial charge in [-0.05, 0) is 36.6 Å². The van der Waals surface area contributed by atoms with Crippen molar-refractivity contribution in [2.24, 2.45) is 0 Å². The maximum atomic E-state index is 14.1. The predicted octanol–water partition coefficient (Wildman–Crippen LogP) is 5.32. The van der Waals surface area contributed by atoms with Gasteiger partial charge in [0.15, 0.2) is 5.82 Å². The molecule has 0 radical (unpaired) electrons. The van der Waals surface area contributed by atoms with Crippen LogP contribution in [0.3, 0.4) is 0 Å². The molecule has 272 valence electrons. The summed E-state index contributed by atoms with van der Waals surface area (Å²) in [6.07, 6.45) is -6.94. The van der Waals surface area contributed by atoms with Crippen molar-refractivity contribution >= 4 is 57.5 Å². The fourth-order valence-corrected chi connectivity index (χ4v) is 6.99. The number of amides is 2. The topological polar surface area (TPSA) is 134 Å². The first-order chi connectivity index (χ1) is 24.1. The number of aromatic nitrogens is 4. The first kappa shape index (κ1) is 36.2. The maximum Gasteiger partial charge on any atom is 0.425 e. The van der Waals surface area contributed by atoms with E-state index in [0.717, 1.165) is 16.6 Å². The van der Waals surface area contributed by atoms with Gasteiger partial charge >= 0.3 is 12.4 Å². The zero-order valence-electron chi connectivity index (χ0n) is 26.6. The number of nitrogens with zero attached hydrogens (tertiary/aromatic N) is 6. The van der Waals surface area contributed by atoms with E-state index in [0.29, 0.717) is 43.0 Å². The van der Waals surface area contributed by atoms with Crippen molar-refractivity contribution < 1.29 is 45.8 Å². The molecule has 5 heterocycles. The zero-order chi connectivity index (χ0) is 36.8. The molecule has 2 aliphatic heterocycles. The fourth-order valence-electron chi connectivity index (χ4n) is 5.87. The number of hydrogen-bond acceptors (Lipinski definition) is 9. The molecule has 1 saturated heterocycles. The van der Waals surface area contributed by atoms with Crippen molar-refractivity contribution in [2.45, 2.75) is 38.7 Å². The summed E-state index contributed by atoms with van der Waals surface area (Å²) >= 11 is 6.21. The SMILES string of the molecule is CCc1c(N2CCN(C(=O)c3sc(C(F)(F)F)cc3O)CC2)c(=O)n2nc(C3=CCOCC3)nc2n1CC(=O)Nc1ccc(C(F)(F)F)cc1Cl. The molecule has 0 atom stereocenters. The van der Waals surface area contributed by atoms with Crippen molar-refractivity contribution in [3.8, 4) is 5.75 Å². The van der Waals surface area contributed by atoms with Crippen molar-refractivity contribution in [1.29, 1.82) is 0 Å². The highest BCUT2D eigenvalue weighted by Gasteiger charge is 2.37. The minimum atomic E-state index is -4.74. The third kappa shape index (κ3) is 7.27. The van der Waals surface area contributed by atoms with Gasteiger partial charge in [-0.2, -0.15) is 35.8 Å². The summed E-state index contributed by atoms with van der Waals surface area (Å²) in [6.45, 7) is 2.10. The van der Waals surface area contributed by atoms with Crippen molar-refractivity contribution in [2.75, 3.05) is 49.6 Å². The standard InChI is InChI=1S/C31H28ClF6N7O5S/c1-2-20-24(42-7-9-43(10-8-42)28(49)25-21(46)14-22(51-25)31(36,37)38)27(48)45-29(40-26(41-45)16-5-11-50-12-6-16)44(20)15-23(47)39-19-4-3-17(13-18(19)32)30(33,34)35/h3-5,13-14,46H,2,6-12,15H2,1H3,(H,39,47). The van der Waals surface area contributed by atoms with Gasteiger partial charge in [0.05, 0.1) is 35.2 Å². The van der Waals surface area contributed by atoms with Crippen molar-refractivity contribution in [1.82, 2.24) is 24.1 Å². The Morgan fingerprint density at radius 2 is 1.80 bits per heavy atom. The first-order valence-corrected chi connectivity index (χ1v) is 16.7. The summed E-state index contributed by atoms with van der Waals surface area (Å²) in [5.41, 5.74) is -0.404. The first-order valence-electron chi connectivity index (χ1n) is 15.5. The Morgan fingerprint density at radius 1 is 1.08 bits per heavy atom. The molecular formula is C31H28ClF6N7O5S. The molecule has 2 N–H and O–H groups in total. The minimum Gasteiger partial charge on any atom is -0.506 e. The van der Waals surface area contributed by atoms with Crippen LogP contribution in [0, 0.1) is 0 Å². The van der Waals surface area contributed by atoms with Crippen LogP contribution >= 0.6 is 22.9 Å². The molecule has 2 amide bonds. The smallest absolute Gasteiger partial charge is 0.425 e. The molecule has 4 aromatic rings. The number of hydrogen-bond donors (Lipinski definition) is 2. The van der Waals surface area contributed by atoms with Gasteiger partial charge < -0.3 is 29.5 Å². The van der Waals surface area contributed by atoms with E-state index in [-0.39, 0.29) is 71.9 Å². The van der Waals surface area contributed by atoms with Gasteiger partial charge in [0.25, 0.3) is 11.5 Å². The third-order valence-corrected chi connectivity index (χ3v) is 9.82. The van der Waals surface area contributed by atoms with Gasteiger partial charge in [-0.1, -0.05) is 24.6 Å². The largest absolute Gasteiger partial charge is 0.506 e. The summed E-state index contributed by atoms with van der Waals surface area (Å²) in [4.78, 5) is 46.6. The molecule has 2 aliphatic rings. The Balaban J connectivity index is 1.33. The fraction of sp³-hybridized carbons (Fsp3) is 0.387. The van der Waals surface area contributed by atoms with Gasteiger partial charge in [0.2, 0.25) is 11.7 Å². The number of piperazine rings is 1. The molecule has 3 aromatic heterocycles. The molecule has 6 rings (SSSR count). The second-order valence-corrected chi connectivity index (χ2v) is 13.0. The normalized spacial score (nSPS) is 15.7. The predicted molar refractivity (Wildman–Crippen MR) is 174 cm³/mol. The van der Waals surface area contributed by atoms with Crippen LogP contribution in [-0.4, -0.2) is 80.4 Å². The highest BCUT2D eigenvalue weighted by molar-refractivity contribution is 7.14. The van der Waals surface area contributed by atoms with Crippen LogP contribution in [0.2, 0.25) is 5.02 Å². The van der Waals surface area contributed by atoms with Gasteiger partial charge in [-0.3, -0.25) is 14.4 Å². The van der Waals surface area contributed by atoms with E-state index in [1.807, 2.05) is 0 Å². The zero-order valence-corrected chi connectivity index (χ0v) is 28.1. The van der Waals surface area contributed by atoms with E-state index in [1.54, 1.807) is 17.9 Å². The van der Waals surface area contributed by atoms with Crippen molar-refractivity contribution in [3.05, 3.63) is 72.6 Å². The lowest BCUT2D eigenvalue weighted by Crippen LogP contribution is -2.50. The lowest BCUT2D eigenvalue weighted by Gasteiger charge is -2.36. The van der Waals surface area contributed by atoms with Crippen LogP contribution in [0.5, 0.6) is 5.75 Å². The number of anilines is 2. The number of ether oxygens (including phenoxy) is 1. The Morgan fingerprint density at radius 3 is 2.39 bits per heavy atom. The molecule has 0 bridgehead atoms. The summed E-state index contributed by atoms with van der Waals surface area (Å²) in [5.74, 6) is -2.00. The number of thiophene rings is 1. The average molecular weight is 760 g/mol. The molecule has 1 fully saturated rings. The lowest BCUT2D eigenvalue weighted by molar-refractivity contribution is -0.137. The van der Waals surface area contributed by atoms with Gasteiger partial charge in [0.1, 0.15) is 27.7 Å². The molecule has 12 nitrogen and oxygen atoms in total. The number of rotatable bonds is 7. The Labute approximate surface area is 293 Å². The molecule has 0 aliphatic carbocycles. The van der Waals surface area contributed by atoms with Crippen LogP contribution < -0.4 is 15.8 Å². The molecule has 0 saturated carbocycles. The van der Waals surface area contributed by atoms with Crippen LogP contribution in [0.25, 0.3) is 11.4 Å². The number of alkyl halides is 6.